The summed E-state index contributed by atoms with van der Waals surface area (Å²) in [5, 5.41) is 3.03. The first-order chi connectivity index (χ1) is 11.2. The average molecular weight is 312 g/mol. The molecule has 1 heterocycles. The Morgan fingerprint density at radius 1 is 1.26 bits per heavy atom. The summed E-state index contributed by atoms with van der Waals surface area (Å²) in [5.41, 5.74) is 1.69. The second-order valence-corrected chi connectivity index (χ2v) is 7.39. The number of nitrogens with one attached hydrogen (secondary N) is 1. The molecule has 1 aromatic rings. The highest BCUT2D eigenvalue weighted by atomic mass is 16.2. The number of nitrogens with zero attached hydrogens (tertiary/aromatic N) is 1. The molecule has 3 aliphatic rings. The maximum absolute atomic E-state index is 12.4. The van der Waals surface area contributed by atoms with E-state index in [1.807, 2.05) is 29.2 Å². The number of anilines is 2. The molecule has 1 aliphatic heterocycles. The number of amides is 2. The number of hydrogen-bond donors (Lipinski definition) is 1. The second-order valence-electron chi connectivity index (χ2n) is 7.39. The van der Waals surface area contributed by atoms with Crippen LogP contribution in [0.5, 0.6) is 0 Å². The minimum atomic E-state index is 0.118. The van der Waals surface area contributed by atoms with E-state index in [9.17, 15) is 9.59 Å². The van der Waals surface area contributed by atoms with Crippen LogP contribution in [0.25, 0.3) is 0 Å². The van der Waals surface area contributed by atoms with Crippen LogP contribution in [-0.4, -0.2) is 18.4 Å². The summed E-state index contributed by atoms with van der Waals surface area (Å²) in [7, 11) is 0. The molecule has 0 spiro atoms. The lowest BCUT2D eigenvalue weighted by atomic mass is 9.86. The minimum absolute atomic E-state index is 0.118. The second kappa shape index (κ2) is 5.99. The normalized spacial score (nSPS) is 29.3. The van der Waals surface area contributed by atoms with E-state index in [1.54, 1.807) is 0 Å². The SMILES string of the molecule is O=C(C[C@H]1C[C@H]2CC[C@@H]1C2)Nc1cccc(N2CCCC2=O)c1. The fourth-order valence-electron chi connectivity index (χ4n) is 4.75. The number of rotatable bonds is 4. The van der Waals surface area contributed by atoms with Gasteiger partial charge in [0.2, 0.25) is 11.8 Å². The summed E-state index contributed by atoms with van der Waals surface area (Å²) in [6, 6.07) is 7.67. The van der Waals surface area contributed by atoms with Crippen LogP contribution in [0.4, 0.5) is 11.4 Å². The molecule has 1 N–H and O–H groups in total. The van der Waals surface area contributed by atoms with Gasteiger partial charge in [-0.15, -0.1) is 0 Å². The molecule has 2 saturated carbocycles. The first kappa shape index (κ1) is 14.7. The molecule has 4 nitrogen and oxygen atoms in total. The summed E-state index contributed by atoms with van der Waals surface area (Å²) in [5.74, 6) is 2.53. The monoisotopic (exact) mass is 312 g/mol. The molecule has 3 atom stereocenters. The number of carbonyl (C=O) groups is 2. The highest BCUT2D eigenvalue weighted by Crippen LogP contribution is 2.49. The van der Waals surface area contributed by atoms with Crippen LogP contribution in [0.1, 0.15) is 44.9 Å². The van der Waals surface area contributed by atoms with Crippen molar-refractivity contribution in [1.29, 1.82) is 0 Å². The smallest absolute Gasteiger partial charge is 0.227 e. The van der Waals surface area contributed by atoms with Crippen LogP contribution < -0.4 is 10.2 Å². The standard InChI is InChI=1S/C19H24N2O2/c22-18(11-15-10-13-6-7-14(15)9-13)20-16-3-1-4-17(12-16)21-8-2-5-19(21)23/h1,3-4,12-15H,2,5-11H2,(H,20,22)/t13-,14+,15+/m0/s1. The van der Waals surface area contributed by atoms with Crippen molar-refractivity contribution in [3.63, 3.8) is 0 Å². The zero-order valence-corrected chi connectivity index (χ0v) is 13.5. The van der Waals surface area contributed by atoms with Crippen LogP contribution in [0.15, 0.2) is 24.3 Å². The van der Waals surface area contributed by atoms with Crippen molar-refractivity contribution in [1.82, 2.24) is 0 Å². The van der Waals surface area contributed by atoms with E-state index < -0.39 is 0 Å². The molecule has 2 amide bonds. The zero-order chi connectivity index (χ0) is 15.8. The van der Waals surface area contributed by atoms with Crippen LogP contribution in [-0.2, 0) is 9.59 Å². The summed E-state index contributed by atoms with van der Waals surface area (Å²) in [6.45, 7) is 0.779. The number of fused-ring (bicyclic) bond motifs is 2. The number of hydrogen-bond acceptors (Lipinski definition) is 2. The van der Waals surface area contributed by atoms with Gasteiger partial charge in [-0.2, -0.15) is 0 Å². The van der Waals surface area contributed by atoms with E-state index in [0.29, 0.717) is 18.8 Å². The Bertz CT molecular complexity index is 628. The van der Waals surface area contributed by atoms with Crippen LogP contribution >= 0.6 is 0 Å². The van der Waals surface area contributed by atoms with E-state index >= 15 is 0 Å². The minimum Gasteiger partial charge on any atom is -0.326 e. The van der Waals surface area contributed by atoms with Gasteiger partial charge < -0.3 is 10.2 Å². The van der Waals surface area contributed by atoms with Gasteiger partial charge in [-0.1, -0.05) is 12.5 Å². The molecule has 0 radical (unpaired) electrons. The van der Waals surface area contributed by atoms with Crippen LogP contribution in [0.3, 0.4) is 0 Å². The van der Waals surface area contributed by atoms with Crippen molar-refractivity contribution in [3.8, 4) is 0 Å². The Hall–Kier alpha value is -1.84. The van der Waals surface area contributed by atoms with Crippen molar-refractivity contribution < 1.29 is 9.59 Å². The Morgan fingerprint density at radius 3 is 2.87 bits per heavy atom. The van der Waals surface area contributed by atoms with Crippen LogP contribution in [0, 0.1) is 17.8 Å². The van der Waals surface area contributed by atoms with Crippen molar-refractivity contribution in [2.75, 3.05) is 16.8 Å². The van der Waals surface area contributed by atoms with Gasteiger partial charge in [-0.25, -0.2) is 0 Å². The summed E-state index contributed by atoms with van der Waals surface area (Å²) < 4.78 is 0. The highest BCUT2D eigenvalue weighted by Gasteiger charge is 2.40. The lowest BCUT2D eigenvalue weighted by Crippen LogP contribution is -2.24. The van der Waals surface area contributed by atoms with Gasteiger partial charge in [0.15, 0.2) is 0 Å². The van der Waals surface area contributed by atoms with Gasteiger partial charge in [0.05, 0.1) is 0 Å². The molecule has 1 aromatic carbocycles. The molecular formula is C19H24N2O2. The van der Waals surface area contributed by atoms with E-state index in [4.69, 9.17) is 0 Å². The molecule has 1 saturated heterocycles. The van der Waals surface area contributed by atoms with E-state index in [-0.39, 0.29) is 11.8 Å². The summed E-state index contributed by atoms with van der Waals surface area (Å²) >= 11 is 0. The first-order valence-corrected chi connectivity index (χ1v) is 8.89. The first-order valence-electron chi connectivity index (χ1n) is 8.89. The molecule has 122 valence electrons. The van der Waals surface area contributed by atoms with E-state index in [1.165, 1.54) is 25.7 Å². The largest absolute Gasteiger partial charge is 0.326 e. The molecule has 0 aromatic heterocycles. The van der Waals surface area contributed by atoms with Crippen LogP contribution in [0.2, 0.25) is 0 Å². The van der Waals surface area contributed by atoms with Gasteiger partial charge in [-0.05, 0) is 61.6 Å². The molecule has 3 fully saturated rings. The predicted octanol–water partition coefficient (Wildman–Crippen LogP) is 3.58. The van der Waals surface area contributed by atoms with Gasteiger partial charge in [-0.3, -0.25) is 9.59 Å². The Labute approximate surface area is 137 Å². The van der Waals surface area contributed by atoms with Gasteiger partial charge in [0.1, 0.15) is 0 Å². The zero-order valence-electron chi connectivity index (χ0n) is 13.5. The van der Waals surface area contributed by atoms with E-state index in [0.717, 1.165) is 36.2 Å². The highest BCUT2D eigenvalue weighted by molar-refractivity contribution is 5.97. The summed E-state index contributed by atoms with van der Waals surface area (Å²) in [6.07, 6.45) is 7.45. The molecule has 4 rings (SSSR count). The lowest BCUT2D eigenvalue weighted by Gasteiger charge is -2.21. The third-order valence-electron chi connectivity index (χ3n) is 5.85. The Kier molecular flexibility index (Phi) is 3.83. The van der Waals surface area contributed by atoms with E-state index in [2.05, 4.69) is 5.32 Å². The quantitative estimate of drug-likeness (QED) is 0.924. The lowest BCUT2D eigenvalue weighted by molar-refractivity contribution is -0.118. The van der Waals surface area contributed by atoms with Crippen molar-refractivity contribution in [2.45, 2.75) is 44.9 Å². The van der Waals surface area contributed by atoms with Gasteiger partial charge in [0, 0.05) is 30.8 Å². The number of carbonyl (C=O) groups excluding carboxylic acids is 2. The van der Waals surface area contributed by atoms with Gasteiger partial charge in [0.25, 0.3) is 0 Å². The molecular weight excluding hydrogens is 288 g/mol. The average Bonchev–Trinajstić information content (AvgIpc) is 3.24. The maximum atomic E-state index is 12.4. The van der Waals surface area contributed by atoms with Crippen molar-refractivity contribution >= 4 is 23.2 Å². The molecule has 0 unspecified atom stereocenters. The molecule has 2 bridgehead atoms. The Morgan fingerprint density at radius 2 is 2.17 bits per heavy atom. The van der Waals surface area contributed by atoms with Crippen molar-refractivity contribution in [2.24, 2.45) is 17.8 Å². The van der Waals surface area contributed by atoms with Gasteiger partial charge >= 0.3 is 0 Å². The summed E-state index contributed by atoms with van der Waals surface area (Å²) in [4.78, 5) is 26.0. The fourth-order valence-corrected chi connectivity index (χ4v) is 4.75. The van der Waals surface area contributed by atoms with Crippen molar-refractivity contribution in [3.05, 3.63) is 24.3 Å². The topological polar surface area (TPSA) is 49.4 Å². The maximum Gasteiger partial charge on any atom is 0.227 e. The fraction of sp³-hybridized carbons (Fsp3) is 0.579. The Balaban J connectivity index is 1.38. The third kappa shape index (κ3) is 2.99. The molecule has 2 aliphatic carbocycles. The molecule has 4 heteroatoms. The molecule has 23 heavy (non-hydrogen) atoms. The predicted molar refractivity (Wildman–Crippen MR) is 90.2 cm³/mol. The third-order valence-corrected chi connectivity index (χ3v) is 5.85. The number of benzene rings is 1.